The van der Waals surface area contributed by atoms with E-state index in [4.69, 9.17) is 0 Å². The summed E-state index contributed by atoms with van der Waals surface area (Å²) in [4.78, 5) is 11.9. The van der Waals surface area contributed by atoms with Crippen LogP contribution in [0.1, 0.15) is 63.6 Å². The van der Waals surface area contributed by atoms with Crippen LogP contribution in [0.25, 0.3) is 0 Å². The lowest BCUT2D eigenvalue weighted by atomic mass is 10.1. The zero-order chi connectivity index (χ0) is 17.5. The normalized spacial score (nSPS) is 14.2. The average molecular weight is 330 g/mol. The van der Waals surface area contributed by atoms with Gasteiger partial charge in [0, 0.05) is 6.04 Å². The van der Waals surface area contributed by atoms with E-state index in [1.54, 1.807) is 13.0 Å². The molecular weight excluding hydrogens is 305 g/mol. The summed E-state index contributed by atoms with van der Waals surface area (Å²) < 4.78 is 38.1. The fourth-order valence-corrected chi connectivity index (χ4v) is 2.30. The van der Waals surface area contributed by atoms with Gasteiger partial charge in [0.25, 0.3) is 0 Å². The Morgan fingerprint density at radius 2 is 1.87 bits per heavy atom. The first-order valence-electron chi connectivity index (χ1n) is 7.98. The average Bonchev–Trinajstić information content (AvgIpc) is 2.46. The minimum absolute atomic E-state index is 0.0373. The number of hydrogen-bond donors (Lipinski definition) is 2. The molecule has 0 aliphatic carbocycles. The molecular formula is C17H25F3N2O. The van der Waals surface area contributed by atoms with Crippen molar-refractivity contribution in [3.8, 4) is 0 Å². The fraction of sp³-hybridized carbons (Fsp3) is 0.588. The third kappa shape index (κ3) is 6.93. The number of urea groups is 1. The zero-order valence-corrected chi connectivity index (χ0v) is 13.8. The summed E-state index contributed by atoms with van der Waals surface area (Å²) in [5.74, 6) is 0. The molecule has 0 spiro atoms. The molecule has 0 bridgehead atoms. The third-order valence-electron chi connectivity index (χ3n) is 3.68. The Kier molecular flexibility index (Phi) is 7.39. The highest BCUT2D eigenvalue weighted by atomic mass is 19.4. The van der Waals surface area contributed by atoms with Crippen molar-refractivity contribution in [2.75, 3.05) is 0 Å². The molecule has 2 N–H and O–H groups in total. The van der Waals surface area contributed by atoms with Crippen molar-refractivity contribution >= 4 is 6.03 Å². The summed E-state index contributed by atoms with van der Waals surface area (Å²) >= 11 is 0. The lowest BCUT2D eigenvalue weighted by Crippen LogP contribution is -2.41. The fourth-order valence-electron chi connectivity index (χ4n) is 2.30. The maximum absolute atomic E-state index is 12.7. The summed E-state index contributed by atoms with van der Waals surface area (Å²) in [6.45, 7) is 5.70. The Morgan fingerprint density at radius 1 is 1.17 bits per heavy atom. The number of hydrogen-bond acceptors (Lipinski definition) is 1. The Morgan fingerprint density at radius 3 is 2.48 bits per heavy atom. The van der Waals surface area contributed by atoms with Gasteiger partial charge in [0.2, 0.25) is 0 Å². The molecule has 0 aliphatic rings. The number of amides is 2. The van der Waals surface area contributed by atoms with Crippen LogP contribution in [0.3, 0.4) is 0 Å². The van der Waals surface area contributed by atoms with Crippen molar-refractivity contribution in [3.05, 3.63) is 35.4 Å². The van der Waals surface area contributed by atoms with E-state index in [1.165, 1.54) is 6.07 Å². The van der Waals surface area contributed by atoms with Crippen molar-refractivity contribution in [2.24, 2.45) is 0 Å². The van der Waals surface area contributed by atoms with Crippen LogP contribution in [0.5, 0.6) is 0 Å². The largest absolute Gasteiger partial charge is 0.416 e. The molecule has 6 heteroatoms. The van der Waals surface area contributed by atoms with Crippen LogP contribution in [0, 0.1) is 0 Å². The number of rotatable bonds is 7. The molecule has 2 atom stereocenters. The number of nitrogens with one attached hydrogen (secondary N) is 2. The summed E-state index contributed by atoms with van der Waals surface area (Å²) in [5.41, 5.74) is -0.286. The number of halogens is 3. The second-order valence-corrected chi connectivity index (χ2v) is 5.86. The van der Waals surface area contributed by atoms with Crippen LogP contribution in [-0.4, -0.2) is 12.1 Å². The molecule has 0 aliphatic heterocycles. The van der Waals surface area contributed by atoms with Crippen molar-refractivity contribution in [1.82, 2.24) is 10.6 Å². The van der Waals surface area contributed by atoms with Gasteiger partial charge in [0.05, 0.1) is 11.6 Å². The minimum Gasteiger partial charge on any atom is -0.336 e. The van der Waals surface area contributed by atoms with Gasteiger partial charge in [0.1, 0.15) is 0 Å². The molecule has 0 heterocycles. The molecule has 1 rings (SSSR count). The molecule has 3 nitrogen and oxygen atoms in total. The van der Waals surface area contributed by atoms with Crippen molar-refractivity contribution < 1.29 is 18.0 Å². The summed E-state index contributed by atoms with van der Waals surface area (Å²) in [7, 11) is 0. The molecule has 130 valence electrons. The van der Waals surface area contributed by atoms with Gasteiger partial charge in [-0.2, -0.15) is 13.2 Å². The smallest absolute Gasteiger partial charge is 0.336 e. The molecule has 0 fully saturated rings. The van der Waals surface area contributed by atoms with Gasteiger partial charge in [0.15, 0.2) is 0 Å². The highest BCUT2D eigenvalue weighted by Crippen LogP contribution is 2.30. The van der Waals surface area contributed by atoms with Gasteiger partial charge >= 0.3 is 12.2 Å². The van der Waals surface area contributed by atoms with E-state index in [0.29, 0.717) is 5.56 Å². The highest BCUT2D eigenvalue weighted by molar-refractivity contribution is 5.74. The van der Waals surface area contributed by atoms with Gasteiger partial charge in [-0.3, -0.25) is 0 Å². The SMILES string of the molecule is CCCCCC(C)NC(=O)N[C@@H](C)c1cccc(C(F)(F)F)c1. The maximum atomic E-state index is 12.7. The highest BCUT2D eigenvalue weighted by Gasteiger charge is 2.30. The molecule has 0 aromatic heterocycles. The number of benzene rings is 1. The number of carbonyl (C=O) groups excluding carboxylic acids is 1. The van der Waals surface area contributed by atoms with E-state index >= 15 is 0 Å². The number of unbranched alkanes of at least 4 members (excludes halogenated alkanes) is 2. The van der Waals surface area contributed by atoms with Crippen LogP contribution < -0.4 is 10.6 Å². The van der Waals surface area contributed by atoms with Gasteiger partial charge in [-0.1, -0.05) is 38.3 Å². The van der Waals surface area contributed by atoms with Gasteiger partial charge in [-0.15, -0.1) is 0 Å². The van der Waals surface area contributed by atoms with Crippen LogP contribution in [-0.2, 0) is 6.18 Å². The number of carbonyl (C=O) groups is 1. The van der Waals surface area contributed by atoms with E-state index in [9.17, 15) is 18.0 Å². The lowest BCUT2D eigenvalue weighted by molar-refractivity contribution is -0.137. The van der Waals surface area contributed by atoms with Crippen molar-refractivity contribution in [2.45, 2.75) is 64.7 Å². The second-order valence-electron chi connectivity index (χ2n) is 5.86. The van der Waals surface area contributed by atoms with Gasteiger partial charge < -0.3 is 10.6 Å². The van der Waals surface area contributed by atoms with Crippen molar-refractivity contribution in [3.63, 3.8) is 0 Å². The van der Waals surface area contributed by atoms with Crippen LogP contribution in [0.2, 0.25) is 0 Å². The third-order valence-corrected chi connectivity index (χ3v) is 3.68. The minimum atomic E-state index is -4.38. The molecule has 1 aromatic rings. The van der Waals surface area contributed by atoms with E-state index in [1.807, 2.05) is 6.92 Å². The van der Waals surface area contributed by atoms with Crippen LogP contribution in [0.4, 0.5) is 18.0 Å². The predicted molar refractivity (Wildman–Crippen MR) is 85.1 cm³/mol. The molecule has 0 radical (unpaired) electrons. The molecule has 23 heavy (non-hydrogen) atoms. The molecule has 0 saturated carbocycles. The first kappa shape index (κ1) is 19.3. The van der Waals surface area contributed by atoms with Gasteiger partial charge in [-0.05, 0) is 38.0 Å². The van der Waals surface area contributed by atoms with E-state index < -0.39 is 17.8 Å². The summed E-state index contributed by atoms with van der Waals surface area (Å²) in [5, 5.41) is 5.49. The van der Waals surface area contributed by atoms with E-state index in [2.05, 4.69) is 17.6 Å². The Balaban J connectivity index is 2.55. The summed E-state index contributed by atoms with van der Waals surface area (Å²) in [6, 6.07) is 4.18. The lowest BCUT2D eigenvalue weighted by Gasteiger charge is -2.19. The first-order valence-corrected chi connectivity index (χ1v) is 7.98. The van der Waals surface area contributed by atoms with Crippen molar-refractivity contribution in [1.29, 1.82) is 0 Å². The molecule has 1 aromatic carbocycles. The van der Waals surface area contributed by atoms with Crippen LogP contribution in [0.15, 0.2) is 24.3 Å². The standard InChI is InChI=1S/C17H25F3N2O/c1-4-5-6-8-12(2)21-16(23)22-13(3)14-9-7-10-15(11-14)17(18,19)20/h7,9-13H,4-6,8H2,1-3H3,(H2,21,22,23)/t12?,13-/m0/s1. The maximum Gasteiger partial charge on any atom is 0.416 e. The van der Waals surface area contributed by atoms with E-state index in [0.717, 1.165) is 37.8 Å². The quantitative estimate of drug-likeness (QED) is 0.676. The van der Waals surface area contributed by atoms with E-state index in [-0.39, 0.29) is 12.1 Å². The predicted octanol–water partition coefficient (Wildman–Crippen LogP) is 5.03. The van der Waals surface area contributed by atoms with Gasteiger partial charge in [-0.25, -0.2) is 4.79 Å². The number of alkyl halides is 3. The zero-order valence-electron chi connectivity index (χ0n) is 13.8. The monoisotopic (exact) mass is 330 g/mol. The van der Waals surface area contributed by atoms with Crippen LogP contribution >= 0.6 is 0 Å². The molecule has 2 amide bonds. The summed E-state index contributed by atoms with van der Waals surface area (Å²) in [6.07, 6.45) is -0.216. The first-order chi connectivity index (χ1) is 10.7. The Bertz CT molecular complexity index is 503. The Labute approximate surface area is 135 Å². The Hall–Kier alpha value is -1.72. The molecule has 1 unspecified atom stereocenters. The topological polar surface area (TPSA) is 41.1 Å². The second kappa shape index (κ2) is 8.79. The molecule has 0 saturated heterocycles.